The third-order valence-electron chi connectivity index (χ3n) is 4.82. The topological polar surface area (TPSA) is 87.8 Å². The summed E-state index contributed by atoms with van der Waals surface area (Å²) >= 11 is 13.2. The Kier molecular flexibility index (Phi) is 6.99. The molecule has 0 spiro atoms. The van der Waals surface area contributed by atoms with Gasteiger partial charge in [-0.2, -0.15) is 5.26 Å². The molecule has 0 bridgehead atoms. The van der Waals surface area contributed by atoms with Gasteiger partial charge in [0, 0.05) is 16.6 Å². The fourth-order valence-electron chi connectivity index (χ4n) is 3.16. The molecule has 0 fully saturated rings. The lowest BCUT2D eigenvalue weighted by atomic mass is 10.2. The van der Waals surface area contributed by atoms with Gasteiger partial charge in [0.1, 0.15) is 0 Å². The van der Waals surface area contributed by atoms with Crippen molar-refractivity contribution in [3.8, 4) is 11.8 Å². The van der Waals surface area contributed by atoms with Gasteiger partial charge in [0.2, 0.25) is 5.91 Å². The van der Waals surface area contributed by atoms with Crippen molar-refractivity contribution < 1.29 is 4.79 Å². The number of aromatic nitrogens is 2. The zero-order chi connectivity index (χ0) is 23.4. The maximum atomic E-state index is 13.2. The fraction of sp³-hybridized carbons (Fsp3) is 0.0833. The van der Waals surface area contributed by atoms with Gasteiger partial charge in [0.15, 0.2) is 5.16 Å². The van der Waals surface area contributed by atoms with E-state index in [1.165, 1.54) is 4.57 Å². The van der Waals surface area contributed by atoms with Gasteiger partial charge in [-0.05, 0) is 54.1 Å². The van der Waals surface area contributed by atoms with Crippen LogP contribution in [0.4, 0.5) is 0 Å². The first-order valence-corrected chi connectivity index (χ1v) is 11.6. The monoisotopic (exact) mass is 494 g/mol. The molecule has 0 radical (unpaired) electrons. The van der Waals surface area contributed by atoms with E-state index in [9.17, 15) is 9.59 Å². The molecule has 33 heavy (non-hydrogen) atoms. The first kappa shape index (κ1) is 22.9. The molecule has 1 heterocycles. The Bertz CT molecular complexity index is 1450. The minimum absolute atomic E-state index is 0.0479. The Balaban J connectivity index is 1.59. The lowest BCUT2D eigenvalue weighted by molar-refractivity contribution is -0.118. The molecule has 4 aromatic rings. The second kappa shape index (κ2) is 10.1. The number of carbonyl (C=O) groups excluding carboxylic acids is 1. The summed E-state index contributed by atoms with van der Waals surface area (Å²) in [5, 5.41) is 13.7. The number of nitrogens with zero attached hydrogens (tertiary/aromatic N) is 3. The van der Waals surface area contributed by atoms with Crippen LogP contribution < -0.4 is 10.9 Å². The SMILES string of the molecule is N#Cc1ccc(-n2c(SCC(=O)NCc3ccc(Cl)cc3Cl)nc3ccccc3c2=O)cc1. The van der Waals surface area contributed by atoms with Crippen molar-refractivity contribution in [2.45, 2.75) is 11.7 Å². The number of para-hydroxylation sites is 1. The van der Waals surface area contributed by atoms with Crippen molar-refractivity contribution in [3.63, 3.8) is 0 Å². The van der Waals surface area contributed by atoms with Gasteiger partial charge in [-0.3, -0.25) is 14.2 Å². The van der Waals surface area contributed by atoms with E-state index in [1.54, 1.807) is 66.7 Å². The molecule has 1 N–H and O–H groups in total. The van der Waals surface area contributed by atoms with Gasteiger partial charge in [0.25, 0.3) is 5.56 Å². The molecule has 1 amide bonds. The number of rotatable bonds is 6. The molecule has 3 aromatic carbocycles. The molecule has 0 saturated carbocycles. The number of fused-ring (bicyclic) bond motifs is 1. The highest BCUT2D eigenvalue weighted by atomic mass is 35.5. The minimum atomic E-state index is -0.249. The average molecular weight is 495 g/mol. The van der Waals surface area contributed by atoms with Crippen LogP contribution in [-0.4, -0.2) is 21.2 Å². The molecule has 0 unspecified atom stereocenters. The molecule has 0 atom stereocenters. The maximum Gasteiger partial charge on any atom is 0.266 e. The lowest BCUT2D eigenvalue weighted by Crippen LogP contribution is -2.26. The molecule has 1 aromatic heterocycles. The Morgan fingerprint density at radius 3 is 2.58 bits per heavy atom. The molecule has 0 aliphatic rings. The van der Waals surface area contributed by atoms with E-state index in [0.29, 0.717) is 37.4 Å². The van der Waals surface area contributed by atoms with Crippen molar-refractivity contribution in [3.05, 3.63) is 98.3 Å². The highest BCUT2D eigenvalue weighted by Gasteiger charge is 2.15. The molecule has 6 nitrogen and oxygen atoms in total. The quantitative estimate of drug-likeness (QED) is 0.301. The van der Waals surface area contributed by atoms with Gasteiger partial charge in [-0.15, -0.1) is 0 Å². The first-order chi connectivity index (χ1) is 16.0. The maximum absolute atomic E-state index is 13.2. The second-order valence-corrected chi connectivity index (χ2v) is 8.80. The number of benzene rings is 3. The number of carbonyl (C=O) groups is 1. The first-order valence-electron chi connectivity index (χ1n) is 9.82. The predicted octanol–water partition coefficient (Wildman–Crippen LogP) is 4.97. The van der Waals surface area contributed by atoms with E-state index in [4.69, 9.17) is 28.5 Å². The summed E-state index contributed by atoms with van der Waals surface area (Å²) in [5.41, 5.74) is 2.09. The molecule has 0 aliphatic carbocycles. The minimum Gasteiger partial charge on any atom is -0.351 e. The summed E-state index contributed by atoms with van der Waals surface area (Å²) < 4.78 is 1.46. The van der Waals surface area contributed by atoms with Crippen molar-refractivity contribution in [2.75, 3.05) is 5.75 Å². The molecular weight excluding hydrogens is 479 g/mol. The van der Waals surface area contributed by atoms with Gasteiger partial charge >= 0.3 is 0 Å². The highest BCUT2D eigenvalue weighted by molar-refractivity contribution is 7.99. The normalized spacial score (nSPS) is 10.7. The van der Waals surface area contributed by atoms with Gasteiger partial charge in [0.05, 0.1) is 34.0 Å². The number of nitrogens with one attached hydrogen (secondary N) is 1. The van der Waals surface area contributed by atoms with Gasteiger partial charge < -0.3 is 5.32 Å². The van der Waals surface area contributed by atoms with E-state index < -0.39 is 0 Å². The molecule has 9 heteroatoms. The predicted molar refractivity (Wildman–Crippen MR) is 131 cm³/mol. The van der Waals surface area contributed by atoms with E-state index in [2.05, 4.69) is 16.4 Å². The standard InChI is InChI=1S/C24H16Cl2N4O2S/c25-17-8-7-16(20(26)11-17)13-28-22(31)14-33-24-29-21-4-2-1-3-19(21)23(32)30(24)18-9-5-15(12-27)6-10-18/h1-11H,13-14H2,(H,28,31). The van der Waals surface area contributed by atoms with Crippen LogP contribution in [0.2, 0.25) is 10.0 Å². The molecule has 4 rings (SSSR count). The summed E-state index contributed by atoms with van der Waals surface area (Å²) in [4.78, 5) is 30.4. The van der Waals surface area contributed by atoms with E-state index in [0.717, 1.165) is 17.3 Å². The number of nitriles is 1. The fourth-order valence-corrected chi connectivity index (χ4v) is 4.48. The van der Waals surface area contributed by atoms with Crippen molar-refractivity contribution in [2.24, 2.45) is 0 Å². The molecular formula is C24H16Cl2N4O2S. The highest BCUT2D eigenvalue weighted by Crippen LogP contribution is 2.23. The largest absolute Gasteiger partial charge is 0.351 e. The van der Waals surface area contributed by atoms with Crippen LogP contribution in [0.3, 0.4) is 0 Å². The number of hydrogen-bond donors (Lipinski definition) is 1. The van der Waals surface area contributed by atoms with E-state index >= 15 is 0 Å². The Hall–Kier alpha value is -3.31. The summed E-state index contributed by atoms with van der Waals surface area (Å²) in [7, 11) is 0. The summed E-state index contributed by atoms with van der Waals surface area (Å²) in [6.45, 7) is 0.253. The van der Waals surface area contributed by atoms with Gasteiger partial charge in [-0.1, -0.05) is 53.2 Å². The zero-order valence-corrected chi connectivity index (χ0v) is 19.4. The molecule has 164 valence electrons. The second-order valence-electron chi connectivity index (χ2n) is 7.01. The average Bonchev–Trinajstić information content (AvgIpc) is 2.82. The molecule has 0 aliphatic heterocycles. The van der Waals surface area contributed by atoms with Crippen LogP contribution in [0.5, 0.6) is 0 Å². The van der Waals surface area contributed by atoms with Crippen LogP contribution in [0.1, 0.15) is 11.1 Å². The van der Waals surface area contributed by atoms with Crippen LogP contribution in [-0.2, 0) is 11.3 Å². The summed E-state index contributed by atoms with van der Waals surface area (Å²) in [6, 6.07) is 20.8. The van der Waals surface area contributed by atoms with E-state index in [1.807, 2.05) is 0 Å². The summed E-state index contributed by atoms with van der Waals surface area (Å²) in [5.74, 6) is -0.188. The Labute approximate surface area is 203 Å². The zero-order valence-electron chi connectivity index (χ0n) is 17.1. The summed E-state index contributed by atoms with van der Waals surface area (Å²) in [6.07, 6.45) is 0. The van der Waals surface area contributed by atoms with Crippen LogP contribution in [0.25, 0.3) is 16.6 Å². The Morgan fingerprint density at radius 2 is 1.85 bits per heavy atom. The van der Waals surface area contributed by atoms with Gasteiger partial charge in [-0.25, -0.2) is 4.98 Å². The van der Waals surface area contributed by atoms with E-state index in [-0.39, 0.29) is 23.8 Å². The molecule has 0 saturated heterocycles. The smallest absolute Gasteiger partial charge is 0.266 e. The lowest BCUT2D eigenvalue weighted by Gasteiger charge is -2.13. The third-order valence-corrected chi connectivity index (χ3v) is 6.35. The third kappa shape index (κ3) is 5.20. The number of hydrogen-bond acceptors (Lipinski definition) is 5. The number of amides is 1. The number of halogens is 2. The van der Waals surface area contributed by atoms with Crippen molar-refractivity contribution in [1.29, 1.82) is 5.26 Å². The van der Waals surface area contributed by atoms with Crippen LogP contribution in [0, 0.1) is 11.3 Å². The van der Waals surface area contributed by atoms with Crippen molar-refractivity contribution >= 4 is 51.8 Å². The van der Waals surface area contributed by atoms with Crippen LogP contribution >= 0.6 is 35.0 Å². The Morgan fingerprint density at radius 1 is 1.09 bits per heavy atom. The van der Waals surface area contributed by atoms with Crippen LogP contribution in [0.15, 0.2) is 76.7 Å². The van der Waals surface area contributed by atoms with Crippen molar-refractivity contribution in [1.82, 2.24) is 14.9 Å². The number of thioether (sulfide) groups is 1.